The van der Waals surface area contributed by atoms with Crippen LogP contribution in [0.25, 0.3) is 21.9 Å². The topological polar surface area (TPSA) is 88.1 Å². The van der Waals surface area contributed by atoms with Crippen molar-refractivity contribution in [2.75, 3.05) is 13.2 Å². The molecule has 0 spiro atoms. The normalized spacial score (nSPS) is 11.6. The lowest BCUT2D eigenvalue weighted by atomic mass is 10.0. The van der Waals surface area contributed by atoms with Gasteiger partial charge in [-0.3, -0.25) is 4.79 Å². The van der Waals surface area contributed by atoms with Crippen LogP contribution in [0.1, 0.15) is 106 Å². The third kappa shape index (κ3) is 11.5. The summed E-state index contributed by atoms with van der Waals surface area (Å²) < 4.78 is 22.3. The van der Waals surface area contributed by atoms with Gasteiger partial charge in [-0.2, -0.15) is 0 Å². The standard InChI is InChI=1S/C41H48O7/c1-4-6-7-10-13-30(3)47-41(44)36-19-18-35-29-38(25-22-34(35)28-36)48-40(43)33-16-14-31(15-17-33)32-20-23-37(24-21-32)45-26-11-8-9-12-27-46-39(42)5-2/h14-25,28-30H,4-13,26-27H2,1-3H3/t30-/m0/s1. The maximum Gasteiger partial charge on any atom is 0.343 e. The van der Waals surface area contributed by atoms with Gasteiger partial charge in [0.05, 0.1) is 30.4 Å². The summed E-state index contributed by atoms with van der Waals surface area (Å²) in [5.41, 5.74) is 2.95. The molecule has 0 aromatic heterocycles. The van der Waals surface area contributed by atoms with E-state index in [0.717, 1.165) is 72.6 Å². The van der Waals surface area contributed by atoms with Gasteiger partial charge in [-0.05, 0) is 116 Å². The van der Waals surface area contributed by atoms with E-state index in [2.05, 4.69) is 6.92 Å². The number of rotatable bonds is 19. The molecule has 0 aliphatic rings. The van der Waals surface area contributed by atoms with E-state index in [1.54, 1.807) is 37.3 Å². The van der Waals surface area contributed by atoms with E-state index in [1.165, 1.54) is 12.8 Å². The molecule has 7 heteroatoms. The summed E-state index contributed by atoms with van der Waals surface area (Å²) in [5.74, 6) is 0.328. The van der Waals surface area contributed by atoms with Gasteiger partial charge in [0.15, 0.2) is 0 Å². The Labute approximate surface area is 284 Å². The molecule has 4 rings (SSSR count). The van der Waals surface area contributed by atoms with Gasteiger partial charge in [-0.15, -0.1) is 0 Å². The fraction of sp³-hybridized carbons (Fsp3) is 0.390. The molecule has 4 aromatic carbocycles. The fourth-order valence-corrected chi connectivity index (χ4v) is 5.33. The lowest BCUT2D eigenvalue weighted by molar-refractivity contribution is -0.143. The third-order valence-electron chi connectivity index (χ3n) is 8.20. The van der Waals surface area contributed by atoms with Crippen LogP contribution >= 0.6 is 0 Å². The largest absolute Gasteiger partial charge is 0.494 e. The van der Waals surface area contributed by atoms with Crippen molar-refractivity contribution >= 4 is 28.7 Å². The molecule has 0 amide bonds. The van der Waals surface area contributed by atoms with Gasteiger partial charge in [0.2, 0.25) is 0 Å². The molecule has 254 valence electrons. The molecule has 1 atom stereocenters. The van der Waals surface area contributed by atoms with Gasteiger partial charge in [0, 0.05) is 6.42 Å². The van der Waals surface area contributed by atoms with E-state index in [1.807, 2.05) is 61.5 Å². The first-order valence-corrected chi connectivity index (χ1v) is 17.3. The summed E-state index contributed by atoms with van der Waals surface area (Å²) in [4.78, 5) is 36.8. The Balaban J connectivity index is 1.23. The smallest absolute Gasteiger partial charge is 0.343 e. The molecule has 0 bridgehead atoms. The lowest BCUT2D eigenvalue weighted by Crippen LogP contribution is -2.15. The van der Waals surface area contributed by atoms with Crippen LogP contribution < -0.4 is 9.47 Å². The number of fused-ring (bicyclic) bond motifs is 1. The average Bonchev–Trinajstić information content (AvgIpc) is 3.11. The van der Waals surface area contributed by atoms with Crippen molar-refractivity contribution in [2.45, 2.75) is 91.1 Å². The second-order valence-electron chi connectivity index (χ2n) is 12.1. The number of hydrogen-bond acceptors (Lipinski definition) is 7. The number of carbonyl (C=O) groups is 3. The Kier molecular flexibility index (Phi) is 14.5. The van der Waals surface area contributed by atoms with Gasteiger partial charge in [-0.1, -0.05) is 69.5 Å². The maximum absolute atomic E-state index is 12.9. The first-order chi connectivity index (χ1) is 23.4. The zero-order valence-corrected chi connectivity index (χ0v) is 28.5. The molecule has 0 N–H and O–H groups in total. The molecule has 48 heavy (non-hydrogen) atoms. The van der Waals surface area contributed by atoms with Crippen molar-refractivity contribution in [2.24, 2.45) is 0 Å². The molecular weight excluding hydrogens is 604 g/mol. The zero-order chi connectivity index (χ0) is 34.1. The molecular formula is C41H48O7. The highest BCUT2D eigenvalue weighted by atomic mass is 16.5. The third-order valence-corrected chi connectivity index (χ3v) is 8.20. The summed E-state index contributed by atoms with van der Waals surface area (Å²) >= 11 is 0. The number of hydrogen-bond donors (Lipinski definition) is 0. The number of ether oxygens (including phenoxy) is 4. The van der Waals surface area contributed by atoms with Crippen molar-refractivity contribution < 1.29 is 33.3 Å². The molecule has 0 saturated carbocycles. The van der Waals surface area contributed by atoms with E-state index in [-0.39, 0.29) is 18.0 Å². The molecule has 0 unspecified atom stereocenters. The summed E-state index contributed by atoms with van der Waals surface area (Å²) in [6.07, 6.45) is 9.60. The second-order valence-corrected chi connectivity index (χ2v) is 12.1. The van der Waals surface area contributed by atoms with E-state index < -0.39 is 5.97 Å². The van der Waals surface area contributed by atoms with Crippen molar-refractivity contribution in [3.63, 3.8) is 0 Å². The minimum atomic E-state index is -0.445. The van der Waals surface area contributed by atoms with E-state index in [9.17, 15) is 14.4 Å². The predicted molar refractivity (Wildman–Crippen MR) is 190 cm³/mol. The zero-order valence-electron chi connectivity index (χ0n) is 28.5. The Morgan fingerprint density at radius 2 is 1.21 bits per heavy atom. The van der Waals surface area contributed by atoms with Crippen LogP contribution in [0, 0.1) is 0 Å². The SMILES string of the molecule is CCCCCC[C@H](C)OC(=O)c1ccc2cc(OC(=O)c3ccc(-c4ccc(OCCCCCCOC(=O)CC)cc4)cc3)ccc2c1. The van der Waals surface area contributed by atoms with Gasteiger partial charge in [0.25, 0.3) is 0 Å². The predicted octanol–water partition coefficient (Wildman–Crippen LogP) is 10.1. The van der Waals surface area contributed by atoms with Crippen LogP contribution in [-0.4, -0.2) is 37.2 Å². The highest BCUT2D eigenvalue weighted by Gasteiger charge is 2.14. The van der Waals surface area contributed by atoms with Crippen LogP contribution in [0.4, 0.5) is 0 Å². The number of carbonyl (C=O) groups excluding carboxylic acids is 3. The van der Waals surface area contributed by atoms with Crippen molar-refractivity contribution in [3.8, 4) is 22.6 Å². The van der Waals surface area contributed by atoms with Gasteiger partial charge >= 0.3 is 17.9 Å². The minimum Gasteiger partial charge on any atom is -0.494 e. The molecule has 7 nitrogen and oxygen atoms in total. The Morgan fingerprint density at radius 3 is 1.92 bits per heavy atom. The van der Waals surface area contributed by atoms with Crippen molar-refractivity contribution in [1.29, 1.82) is 0 Å². The Hall–Kier alpha value is -4.65. The Morgan fingerprint density at radius 1 is 0.604 bits per heavy atom. The summed E-state index contributed by atoms with van der Waals surface area (Å²) in [5, 5.41) is 1.72. The van der Waals surface area contributed by atoms with Crippen LogP contribution in [0.15, 0.2) is 84.9 Å². The highest BCUT2D eigenvalue weighted by Crippen LogP contribution is 2.26. The number of esters is 3. The van der Waals surface area contributed by atoms with Gasteiger partial charge in [-0.25, -0.2) is 9.59 Å². The van der Waals surface area contributed by atoms with Crippen molar-refractivity contribution in [1.82, 2.24) is 0 Å². The van der Waals surface area contributed by atoms with E-state index >= 15 is 0 Å². The van der Waals surface area contributed by atoms with Crippen LogP contribution in [0.5, 0.6) is 11.5 Å². The van der Waals surface area contributed by atoms with Gasteiger partial charge < -0.3 is 18.9 Å². The monoisotopic (exact) mass is 652 g/mol. The van der Waals surface area contributed by atoms with Crippen LogP contribution in [0.2, 0.25) is 0 Å². The average molecular weight is 653 g/mol. The summed E-state index contributed by atoms with van der Waals surface area (Å²) in [6, 6.07) is 26.0. The first kappa shape index (κ1) is 36.2. The van der Waals surface area contributed by atoms with E-state index in [0.29, 0.717) is 36.5 Å². The molecule has 0 aliphatic carbocycles. The lowest BCUT2D eigenvalue weighted by Gasteiger charge is -2.13. The Bertz CT molecular complexity index is 1610. The van der Waals surface area contributed by atoms with E-state index in [4.69, 9.17) is 18.9 Å². The fourth-order valence-electron chi connectivity index (χ4n) is 5.33. The number of benzene rings is 4. The molecule has 0 fully saturated rings. The highest BCUT2D eigenvalue weighted by molar-refractivity contribution is 5.96. The van der Waals surface area contributed by atoms with Crippen LogP contribution in [-0.2, 0) is 14.3 Å². The molecule has 4 aromatic rings. The first-order valence-electron chi connectivity index (χ1n) is 17.3. The number of unbranched alkanes of at least 4 members (excludes halogenated alkanes) is 6. The van der Waals surface area contributed by atoms with Crippen molar-refractivity contribution in [3.05, 3.63) is 96.1 Å². The quantitative estimate of drug-likeness (QED) is 0.0566. The molecule has 0 aliphatic heterocycles. The van der Waals surface area contributed by atoms with Crippen LogP contribution in [0.3, 0.4) is 0 Å². The van der Waals surface area contributed by atoms with Gasteiger partial charge in [0.1, 0.15) is 11.5 Å². The summed E-state index contributed by atoms with van der Waals surface area (Å²) in [7, 11) is 0. The second kappa shape index (κ2) is 19.2. The maximum atomic E-state index is 12.9. The molecule has 0 saturated heterocycles. The summed E-state index contributed by atoms with van der Waals surface area (Å²) in [6.45, 7) is 7.04. The minimum absolute atomic E-state index is 0.121. The molecule has 0 heterocycles. The molecule has 0 radical (unpaired) electrons.